The zero-order valence-corrected chi connectivity index (χ0v) is 22.8. The second kappa shape index (κ2) is 14.0. The summed E-state index contributed by atoms with van der Waals surface area (Å²) in [4.78, 5) is 7.30. The predicted molar refractivity (Wildman–Crippen MR) is 152 cm³/mol. The van der Waals surface area contributed by atoms with E-state index < -0.39 is 0 Å². The summed E-state index contributed by atoms with van der Waals surface area (Å²) in [6, 6.07) is 20.3. The van der Waals surface area contributed by atoms with Gasteiger partial charge in [0.25, 0.3) is 0 Å². The molecule has 0 amide bonds. The fourth-order valence-corrected chi connectivity index (χ4v) is 5.07. The van der Waals surface area contributed by atoms with Crippen molar-refractivity contribution < 1.29 is 5.11 Å². The Bertz CT molecular complexity index is 858. The molecule has 1 heterocycles. The van der Waals surface area contributed by atoms with E-state index in [2.05, 4.69) is 77.1 Å². The molecule has 2 aromatic carbocycles. The molecule has 2 fully saturated rings. The van der Waals surface area contributed by atoms with E-state index >= 15 is 0 Å². The number of halogens is 1. The summed E-state index contributed by atoms with van der Waals surface area (Å²) in [6.45, 7) is 6.61. The van der Waals surface area contributed by atoms with E-state index in [1.807, 2.05) is 0 Å². The molecule has 34 heavy (non-hydrogen) atoms. The van der Waals surface area contributed by atoms with Gasteiger partial charge in [-0.2, -0.15) is 0 Å². The van der Waals surface area contributed by atoms with Crippen LogP contribution in [0.1, 0.15) is 68.1 Å². The summed E-state index contributed by atoms with van der Waals surface area (Å²) >= 11 is 0. The molecular weight excluding hydrogens is 535 g/mol. The first-order valence-electron chi connectivity index (χ1n) is 12.8. The van der Waals surface area contributed by atoms with Crippen molar-refractivity contribution in [1.29, 1.82) is 0 Å². The van der Waals surface area contributed by atoms with Crippen molar-refractivity contribution in [2.75, 3.05) is 19.6 Å². The van der Waals surface area contributed by atoms with Crippen LogP contribution in [0.2, 0.25) is 0 Å². The molecule has 186 valence electrons. The average Bonchev–Trinajstić information content (AvgIpc) is 2.86. The Hall–Kier alpha value is -1.64. The van der Waals surface area contributed by atoms with E-state index in [1.165, 1.54) is 42.4 Å². The smallest absolute Gasteiger partial charge is 0.191 e. The zero-order chi connectivity index (χ0) is 22.9. The Balaban J connectivity index is 0.00000324. The minimum Gasteiger partial charge on any atom is -0.393 e. The topological polar surface area (TPSA) is 59.9 Å². The fourth-order valence-electron chi connectivity index (χ4n) is 5.07. The van der Waals surface area contributed by atoms with Crippen molar-refractivity contribution in [3.63, 3.8) is 0 Å². The number of aliphatic hydroxyl groups is 1. The van der Waals surface area contributed by atoms with Crippen LogP contribution >= 0.6 is 24.0 Å². The van der Waals surface area contributed by atoms with Crippen molar-refractivity contribution in [2.45, 2.75) is 76.6 Å². The van der Waals surface area contributed by atoms with Crippen LogP contribution in [0.4, 0.5) is 0 Å². The Morgan fingerprint density at radius 3 is 2.21 bits per heavy atom. The lowest BCUT2D eigenvalue weighted by molar-refractivity contribution is 0.0792. The van der Waals surface area contributed by atoms with Crippen LogP contribution in [0, 0.1) is 0 Å². The average molecular weight is 577 g/mol. The van der Waals surface area contributed by atoms with Crippen LogP contribution < -0.4 is 10.6 Å². The Kier molecular flexibility index (Phi) is 11.1. The quantitative estimate of drug-likeness (QED) is 0.246. The van der Waals surface area contributed by atoms with Crippen LogP contribution in [0.15, 0.2) is 59.6 Å². The number of hydrogen-bond acceptors (Lipinski definition) is 3. The Morgan fingerprint density at radius 1 is 0.912 bits per heavy atom. The molecule has 0 atom stereocenters. The van der Waals surface area contributed by atoms with Crippen LogP contribution in [-0.4, -0.2) is 47.7 Å². The monoisotopic (exact) mass is 576 g/mol. The van der Waals surface area contributed by atoms with Gasteiger partial charge in [0.2, 0.25) is 0 Å². The van der Waals surface area contributed by atoms with E-state index in [0.717, 1.165) is 45.0 Å². The summed E-state index contributed by atoms with van der Waals surface area (Å²) in [5.41, 5.74) is 4.05. The minimum absolute atomic E-state index is 0. The van der Waals surface area contributed by atoms with Gasteiger partial charge in [-0.1, -0.05) is 54.6 Å². The van der Waals surface area contributed by atoms with Crippen molar-refractivity contribution in [3.8, 4) is 0 Å². The normalized spacial score (nSPS) is 22.1. The zero-order valence-electron chi connectivity index (χ0n) is 20.5. The highest BCUT2D eigenvalue weighted by atomic mass is 127. The second-order valence-electron chi connectivity index (χ2n) is 9.62. The minimum atomic E-state index is -0.111. The fraction of sp³-hybridized carbons (Fsp3) is 0.536. The molecule has 1 aliphatic carbocycles. The number of guanidine groups is 1. The number of piperidine rings is 1. The molecule has 2 aromatic rings. The van der Waals surface area contributed by atoms with Crippen LogP contribution in [0.5, 0.6) is 0 Å². The highest BCUT2D eigenvalue weighted by Gasteiger charge is 2.23. The summed E-state index contributed by atoms with van der Waals surface area (Å²) in [5, 5.41) is 16.8. The largest absolute Gasteiger partial charge is 0.393 e. The summed E-state index contributed by atoms with van der Waals surface area (Å²) < 4.78 is 0. The van der Waals surface area contributed by atoms with Crippen LogP contribution in [-0.2, 0) is 13.1 Å². The van der Waals surface area contributed by atoms with E-state index in [1.54, 1.807) is 0 Å². The van der Waals surface area contributed by atoms with Gasteiger partial charge in [-0.25, -0.2) is 4.99 Å². The number of nitrogens with zero attached hydrogens (tertiary/aromatic N) is 2. The van der Waals surface area contributed by atoms with Gasteiger partial charge in [-0.15, -0.1) is 24.0 Å². The van der Waals surface area contributed by atoms with E-state index in [4.69, 9.17) is 4.99 Å². The third-order valence-electron chi connectivity index (χ3n) is 7.09. The SMILES string of the molecule is CCNC(=NCc1ccc(CN2CCC(O)CC2)cc1)NC1CCC(c2ccccc2)CC1.I. The van der Waals surface area contributed by atoms with Crippen LogP contribution in [0.3, 0.4) is 0 Å². The van der Waals surface area contributed by atoms with Gasteiger partial charge in [0, 0.05) is 32.2 Å². The Labute approximate surface area is 222 Å². The number of rotatable bonds is 7. The van der Waals surface area contributed by atoms with Crippen LogP contribution in [0.25, 0.3) is 0 Å². The van der Waals surface area contributed by atoms with E-state index in [9.17, 15) is 5.11 Å². The molecule has 0 spiro atoms. The number of hydrogen-bond donors (Lipinski definition) is 3. The van der Waals surface area contributed by atoms with E-state index in [-0.39, 0.29) is 30.1 Å². The molecule has 3 N–H and O–H groups in total. The van der Waals surface area contributed by atoms with Gasteiger partial charge < -0.3 is 15.7 Å². The first-order valence-corrected chi connectivity index (χ1v) is 12.8. The highest BCUT2D eigenvalue weighted by Crippen LogP contribution is 2.32. The first-order chi connectivity index (χ1) is 16.2. The predicted octanol–water partition coefficient (Wildman–Crippen LogP) is 5.04. The molecule has 0 aromatic heterocycles. The number of nitrogens with one attached hydrogen (secondary N) is 2. The molecule has 5 nitrogen and oxygen atoms in total. The summed E-state index contributed by atoms with van der Waals surface area (Å²) in [6.07, 6.45) is 6.51. The maximum atomic E-state index is 9.68. The molecule has 2 aliphatic rings. The summed E-state index contributed by atoms with van der Waals surface area (Å²) in [5.74, 6) is 1.62. The number of likely N-dealkylation sites (tertiary alicyclic amines) is 1. The third-order valence-corrected chi connectivity index (χ3v) is 7.09. The maximum absolute atomic E-state index is 9.68. The lowest BCUT2D eigenvalue weighted by atomic mass is 9.82. The van der Waals surface area contributed by atoms with Gasteiger partial charge in [0.05, 0.1) is 12.6 Å². The molecule has 6 heteroatoms. The molecular formula is C28H41IN4O. The van der Waals surface area contributed by atoms with Gasteiger partial charge in [-0.3, -0.25) is 4.90 Å². The highest BCUT2D eigenvalue weighted by molar-refractivity contribution is 14.0. The molecule has 1 saturated heterocycles. The second-order valence-corrected chi connectivity index (χ2v) is 9.62. The van der Waals surface area contributed by atoms with Gasteiger partial charge in [0.1, 0.15) is 0 Å². The van der Waals surface area contributed by atoms with Crippen molar-refractivity contribution in [3.05, 3.63) is 71.3 Å². The molecule has 1 aliphatic heterocycles. The van der Waals surface area contributed by atoms with Crippen molar-refractivity contribution in [1.82, 2.24) is 15.5 Å². The molecule has 0 unspecified atom stereocenters. The number of benzene rings is 2. The summed E-state index contributed by atoms with van der Waals surface area (Å²) in [7, 11) is 0. The molecule has 4 rings (SSSR count). The van der Waals surface area contributed by atoms with Crippen molar-refractivity contribution in [2.24, 2.45) is 4.99 Å². The maximum Gasteiger partial charge on any atom is 0.191 e. The van der Waals surface area contributed by atoms with Gasteiger partial charge >= 0.3 is 0 Å². The standard InChI is InChI=1S/C28H40N4O.HI/c1-2-29-28(31-26-14-12-25(13-15-26)24-6-4-3-5-7-24)30-20-22-8-10-23(11-9-22)21-32-18-16-27(33)17-19-32;/h3-11,25-27,33H,2,12-21H2,1H3,(H2,29,30,31);1H. The lowest BCUT2D eigenvalue weighted by Crippen LogP contribution is -2.44. The third kappa shape index (κ3) is 8.24. The van der Waals surface area contributed by atoms with Gasteiger partial charge in [-0.05, 0) is 68.1 Å². The molecule has 1 saturated carbocycles. The molecule has 0 radical (unpaired) electrons. The number of aliphatic hydroxyl groups excluding tert-OH is 1. The lowest BCUT2D eigenvalue weighted by Gasteiger charge is -2.30. The molecule has 0 bridgehead atoms. The van der Waals surface area contributed by atoms with Crippen molar-refractivity contribution >= 4 is 29.9 Å². The first kappa shape index (κ1) is 27.0. The van der Waals surface area contributed by atoms with E-state index in [0.29, 0.717) is 18.5 Å². The number of aliphatic imine (C=N–C) groups is 1. The van der Waals surface area contributed by atoms with Gasteiger partial charge in [0.15, 0.2) is 5.96 Å². The Morgan fingerprint density at radius 2 is 1.56 bits per heavy atom.